The molecule has 0 aromatic carbocycles. The number of likely N-dealkylation sites (N-methyl/N-ethyl adjacent to an activating group) is 1. The number of amides is 1. The van der Waals surface area contributed by atoms with Crippen LogP contribution in [0.5, 0.6) is 0 Å². The number of aromatic nitrogens is 2. The van der Waals surface area contributed by atoms with E-state index in [4.69, 9.17) is 0 Å². The van der Waals surface area contributed by atoms with Gasteiger partial charge in [0.15, 0.2) is 5.69 Å². The van der Waals surface area contributed by atoms with E-state index in [-0.39, 0.29) is 18.1 Å². The summed E-state index contributed by atoms with van der Waals surface area (Å²) in [6, 6.07) is 0. The molecule has 0 aliphatic rings. The van der Waals surface area contributed by atoms with Crippen molar-refractivity contribution < 1.29 is 14.5 Å². The maximum absolute atomic E-state index is 12.0. The van der Waals surface area contributed by atoms with E-state index >= 15 is 0 Å². The van der Waals surface area contributed by atoms with Crippen LogP contribution in [0.25, 0.3) is 0 Å². The average molecular weight is 227 g/mol. The molecule has 1 amide bonds. The summed E-state index contributed by atoms with van der Waals surface area (Å²) < 4.78 is 4.48. The van der Waals surface area contributed by atoms with Crippen molar-refractivity contribution in [1.82, 2.24) is 15.2 Å². The Morgan fingerprint density at radius 1 is 1.50 bits per heavy atom. The lowest BCUT2D eigenvalue weighted by Crippen LogP contribution is -2.42. The summed E-state index contributed by atoms with van der Waals surface area (Å²) in [5.41, 5.74) is -0.276. The topological polar surface area (TPSA) is 79.5 Å². The number of aryl methyl sites for hydroxylation is 1. The summed E-state index contributed by atoms with van der Waals surface area (Å²) in [4.78, 5) is 13.5. The molecule has 1 N–H and O–H groups in total. The van der Waals surface area contributed by atoms with Gasteiger partial charge in [0.05, 0.1) is 5.60 Å². The molecule has 1 aromatic rings. The molecule has 1 rings (SSSR count). The Morgan fingerprint density at radius 2 is 2.12 bits per heavy atom. The van der Waals surface area contributed by atoms with Crippen molar-refractivity contribution in [2.24, 2.45) is 0 Å². The normalized spacial score (nSPS) is 11.6. The second-order valence-electron chi connectivity index (χ2n) is 4.33. The Kier molecular flexibility index (Phi) is 3.64. The van der Waals surface area contributed by atoms with Crippen LogP contribution in [0.2, 0.25) is 0 Å². The summed E-state index contributed by atoms with van der Waals surface area (Å²) in [6.45, 7) is 7.53. The summed E-state index contributed by atoms with van der Waals surface area (Å²) >= 11 is 0. The molecule has 0 spiro atoms. The second kappa shape index (κ2) is 4.61. The van der Waals surface area contributed by atoms with E-state index in [0.717, 1.165) is 0 Å². The highest BCUT2D eigenvalue weighted by Gasteiger charge is 2.25. The van der Waals surface area contributed by atoms with Crippen LogP contribution in [0, 0.1) is 6.92 Å². The minimum absolute atomic E-state index is 0.200. The third-order valence-electron chi connectivity index (χ3n) is 2.10. The smallest absolute Gasteiger partial charge is 0.278 e. The first kappa shape index (κ1) is 12.6. The molecule has 0 radical (unpaired) electrons. The Hall–Kier alpha value is -1.43. The van der Waals surface area contributed by atoms with E-state index in [2.05, 4.69) is 14.9 Å². The number of nitrogens with zero attached hydrogens (tertiary/aromatic N) is 3. The highest BCUT2D eigenvalue weighted by molar-refractivity contribution is 5.93. The van der Waals surface area contributed by atoms with Crippen LogP contribution >= 0.6 is 0 Å². The molecule has 1 heterocycles. The van der Waals surface area contributed by atoms with Gasteiger partial charge >= 0.3 is 0 Å². The van der Waals surface area contributed by atoms with Gasteiger partial charge in [-0.25, -0.2) is 4.63 Å². The standard InChI is InChI=1S/C10H17N3O3/c1-5-13(6-10(3,4)15)9(14)8-7(2)11-16-12-8/h15H,5-6H2,1-4H3. The van der Waals surface area contributed by atoms with E-state index in [0.29, 0.717) is 12.2 Å². The summed E-state index contributed by atoms with van der Waals surface area (Å²) in [5.74, 6) is -0.275. The molecule has 0 aliphatic heterocycles. The van der Waals surface area contributed by atoms with Gasteiger partial charge < -0.3 is 10.0 Å². The molecular formula is C10H17N3O3. The zero-order chi connectivity index (χ0) is 12.3. The second-order valence-corrected chi connectivity index (χ2v) is 4.33. The van der Waals surface area contributed by atoms with Crippen molar-refractivity contribution in [1.29, 1.82) is 0 Å². The van der Waals surface area contributed by atoms with Crippen LogP contribution < -0.4 is 0 Å². The number of aliphatic hydroxyl groups is 1. The van der Waals surface area contributed by atoms with Crippen molar-refractivity contribution in [3.8, 4) is 0 Å². The highest BCUT2D eigenvalue weighted by atomic mass is 16.6. The quantitative estimate of drug-likeness (QED) is 0.815. The molecule has 0 atom stereocenters. The monoisotopic (exact) mass is 227 g/mol. The molecule has 0 unspecified atom stereocenters. The number of hydrogen-bond acceptors (Lipinski definition) is 5. The zero-order valence-electron chi connectivity index (χ0n) is 10.0. The van der Waals surface area contributed by atoms with Gasteiger partial charge in [-0.15, -0.1) is 0 Å². The fourth-order valence-electron chi connectivity index (χ4n) is 1.37. The van der Waals surface area contributed by atoms with E-state index in [1.807, 2.05) is 6.92 Å². The van der Waals surface area contributed by atoms with Crippen LogP contribution in [0.15, 0.2) is 4.63 Å². The van der Waals surface area contributed by atoms with E-state index in [1.54, 1.807) is 20.8 Å². The van der Waals surface area contributed by atoms with E-state index in [9.17, 15) is 9.90 Å². The molecule has 6 nitrogen and oxygen atoms in total. The predicted octanol–water partition coefficient (Wildman–Crippen LogP) is 0.611. The molecule has 0 saturated carbocycles. The van der Waals surface area contributed by atoms with Crippen molar-refractivity contribution in [3.63, 3.8) is 0 Å². The first-order valence-corrected chi connectivity index (χ1v) is 5.16. The van der Waals surface area contributed by atoms with Crippen molar-refractivity contribution in [3.05, 3.63) is 11.4 Å². The van der Waals surface area contributed by atoms with Gasteiger partial charge in [0.1, 0.15) is 5.69 Å². The van der Waals surface area contributed by atoms with Gasteiger partial charge in [-0.2, -0.15) is 0 Å². The zero-order valence-corrected chi connectivity index (χ0v) is 10.0. The molecule has 90 valence electrons. The third kappa shape index (κ3) is 3.03. The van der Waals surface area contributed by atoms with Crippen molar-refractivity contribution >= 4 is 5.91 Å². The maximum atomic E-state index is 12.0. The van der Waals surface area contributed by atoms with Gasteiger partial charge in [0, 0.05) is 13.1 Å². The average Bonchev–Trinajstić information content (AvgIpc) is 2.58. The molecule has 0 aliphatic carbocycles. The minimum Gasteiger partial charge on any atom is -0.389 e. The van der Waals surface area contributed by atoms with E-state index < -0.39 is 5.60 Å². The van der Waals surface area contributed by atoms with Crippen LogP contribution in [-0.2, 0) is 0 Å². The first-order valence-electron chi connectivity index (χ1n) is 5.16. The number of carbonyl (C=O) groups is 1. The Bertz CT molecular complexity index is 368. The molecule has 6 heteroatoms. The molecule has 1 aromatic heterocycles. The van der Waals surface area contributed by atoms with Crippen LogP contribution in [0.3, 0.4) is 0 Å². The number of hydrogen-bond donors (Lipinski definition) is 1. The Labute approximate surface area is 94.2 Å². The Morgan fingerprint density at radius 3 is 2.50 bits per heavy atom. The molecule has 16 heavy (non-hydrogen) atoms. The predicted molar refractivity (Wildman–Crippen MR) is 56.9 cm³/mol. The number of rotatable bonds is 4. The lowest BCUT2D eigenvalue weighted by atomic mass is 10.1. The van der Waals surface area contributed by atoms with Crippen molar-refractivity contribution in [2.75, 3.05) is 13.1 Å². The molecule has 0 saturated heterocycles. The summed E-state index contributed by atoms with van der Waals surface area (Å²) in [5, 5.41) is 16.8. The van der Waals surface area contributed by atoms with Crippen molar-refractivity contribution in [2.45, 2.75) is 33.3 Å². The van der Waals surface area contributed by atoms with Crippen LogP contribution in [0.4, 0.5) is 0 Å². The largest absolute Gasteiger partial charge is 0.389 e. The lowest BCUT2D eigenvalue weighted by Gasteiger charge is -2.27. The van der Waals surface area contributed by atoms with Gasteiger partial charge in [-0.3, -0.25) is 4.79 Å². The van der Waals surface area contributed by atoms with Crippen LogP contribution in [-0.4, -0.2) is 44.9 Å². The molecule has 0 fully saturated rings. The third-order valence-corrected chi connectivity index (χ3v) is 2.10. The Balaban J connectivity index is 2.82. The van der Waals surface area contributed by atoms with Gasteiger partial charge in [0.2, 0.25) is 0 Å². The van der Waals surface area contributed by atoms with Gasteiger partial charge in [0.25, 0.3) is 5.91 Å². The SMILES string of the molecule is CCN(CC(C)(C)O)C(=O)c1nonc1C. The minimum atomic E-state index is -0.934. The molecule has 0 bridgehead atoms. The summed E-state index contributed by atoms with van der Waals surface area (Å²) in [7, 11) is 0. The number of carbonyl (C=O) groups excluding carboxylic acids is 1. The maximum Gasteiger partial charge on any atom is 0.278 e. The van der Waals surface area contributed by atoms with Crippen LogP contribution in [0.1, 0.15) is 37.0 Å². The van der Waals surface area contributed by atoms with Gasteiger partial charge in [-0.1, -0.05) is 5.16 Å². The highest BCUT2D eigenvalue weighted by Crippen LogP contribution is 2.10. The van der Waals surface area contributed by atoms with E-state index in [1.165, 1.54) is 4.90 Å². The van der Waals surface area contributed by atoms with Gasteiger partial charge in [-0.05, 0) is 32.9 Å². The fourth-order valence-corrected chi connectivity index (χ4v) is 1.37. The summed E-state index contributed by atoms with van der Waals surface area (Å²) in [6.07, 6.45) is 0. The molecular weight excluding hydrogens is 210 g/mol. The first-order chi connectivity index (χ1) is 7.35. The lowest BCUT2D eigenvalue weighted by molar-refractivity contribution is 0.0309. The fraction of sp³-hybridized carbons (Fsp3) is 0.700.